The topological polar surface area (TPSA) is 82.5 Å². The predicted octanol–water partition coefficient (Wildman–Crippen LogP) is 2.60. The van der Waals surface area contributed by atoms with Crippen molar-refractivity contribution >= 4 is 28.3 Å². The van der Waals surface area contributed by atoms with Crippen LogP contribution in [-0.2, 0) is 4.79 Å². The van der Waals surface area contributed by atoms with Crippen molar-refractivity contribution in [2.75, 3.05) is 18.4 Å². The Morgan fingerprint density at radius 1 is 1.43 bits per heavy atom. The van der Waals surface area contributed by atoms with Crippen LogP contribution in [0.4, 0.5) is 9.80 Å². The van der Waals surface area contributed by atoms with E-state index in [1.54, 1.807) is 10.4 Å². The van der Waals surface area contributed by atoms with Crippen molar-refractivity contribution in [3.05, 3.63) is 11.2 Å². The van der Waals surface area contributed by atoms with Crippen LogP contribution in [-0.4, -0.2) is 40.1 Å². The summed E-state index contributed by atoms with van der Waals surface area (Å²) in [6, 6.07) is -0.209. The maximum absolute atomic E-state index is 12.4. The molecule has 0 bridgehead atoms. The molecule has 1 aliphatic carbocycles. The number of nitrogens with one attached hydrogen (secondary N) is 1. The normalized spacial score (nSPS) is 25.7. The number of piperidine rings is 1. The lowest BCUT2D eigenvalue weighted by molar-refractivity contribution is -0.143. The molecule has 1 saturated carbocycles. The number of nitrogens with zero attached hydrogens (tertiary/aromatic N) is 2. The first-order valence-corrected chi connectivity index (χ1v) is 8.14. The molecule has 2 aliphatic rings. The maximum atomic E-state index is 12.4. The number of rotatable bonds is 3. The van der Waals surface area contributed by atoms with Crippen molar-refractivity contribution in [1.29, 1.82) is 0 Å². The number of thiazole rings is 1. The van der Waals surface area contributed by atoms with Gasteiger partial charge in [0.2, 0.25) is 0 Å². The Balaban J connectivity index is 1.66. The Morgan fingerprint density at radius 2 is 2.19 bits per heavy atom. The van der Waals surface area contributed by atoms with Crippen LogP contribution in [0.2, 0.25) is 0 Å². The molecule has 2 unspecified atom stereocenters. The Kier molecular flexibility index (Phi) is 3.84. The van der Waals surface area contributed by atoms with Gasteiger partial charge in [0.05, 0.1) is 17.1 Å². The zero-order valence-electron chi connectivity index (χ0n) is 11.9. The van der Waals surface area contributed by atoms with E-state index in [9.17, 15) is 14.7 Å². The second-order valence-corrected chi connectivity index (χ2v) is 6.91. The number of carboxylic acid groups (broad SMARTS) is 1. The van der Waals surface area contributed by atoms with Crippen LogP contribution in [0.15, 0.2) is 5.51 Å². The number of aromatic nitrogens is 1. The van der Waals surface area contributed by atoms with Crippen LogP contribution in [0.3, 0.4) is 0 Å². The number of carboxylic acids is 1. The van der Waals surface area contributed by atoms with E-state index >= 15 is 0 Å². The summed E-state index contributed by atoms with van der Waals surface area (Å²) >= 11 is 1.43. The van der Waals surface area contributed by atoms with Crippen molar-refractivity contribution in [2.24, 2.45) is 11.8 Å². The van der Waals surface area contributed by atoms with Gasteiger partial charge in [-0.25, -0.2) is 9.78 Å². The quantitative estimate of drug-likeness (QED) is 0.899. The summed E-state index contributed by atoms with van der Waals surface area (Å²) in [5, 5.41) is 12.9. The van der Waals surface area contributed by atoms with Crippen molar-refractivity contribution in [1.82, 2.24) is 9.88 Å². The number of hydrogen-bond acceptors (Lipinski definition) is 4. The molecular formula is C14H19N3O3S. The number of anilines is 1. The van der Waals surface area contributed by atoms with Crippen LogP contribution >= 0.6 is 11.3 Å². The zero-order chi connectivity index (χ0) is 15.0. The molecule has 6 nitrogen and oxygen atoms in total. The van der Waals surface area contributed by atoms with Gasteiger partial charge < -0.3 is 10.0 Å². The summed E-state index contributed by atoms with van der Waals surface area (Å²) in [7, 11) is 0. The molecule has 114 valence electrons. The Hall–Kier alpha value is -1.63. The largest absolute Gasteiger partial charge is 0.481 e. The number of urea groups is 1. The minimum atomic E-state index is -0.823. The zero-order valence-corrected chi connectivity index (χ0v) is 12.7. The van der Waals surface area contributed by atoms with Gasteiger partial charge in [0, 0.05) is 19.0 Å². The van der Waals surface area contributed by atoms with Gasteiger partial charge in [0.1, 0.15) is 5.00 Å². The first-order chi connectivity index (χ1) is 10.0. The Morgan fingerprint density at radius 3 is 2.86 bits per heavy atom. The van der Waals surface area contributed by atoms with E-state index in [1.807, 2.05) is 6.92 Å². The third kappa shape index (κ3) is 3.18. The minimum Gasteiger partial charge on any atom is -0.481 e. The van der Waals surface area contributed by atoms with Gasteiger partial charge in [0.15, 0.2) is 0 Å². The average molecular weight is 309 g/mol. The van der Waals surface area contributed by atoms with E-state index in [1.165, 1.54) is 11.3 Å². The molecule has 1 aliphatic heterocycles. The lowest BCUT2D eigenvalue weighted by Crippen LogP contribution is -2.47. The molecule has 2 N–H and O–H groups in total. The molecule has 0 spiro atoms. The number of carbonyl (C=O) groups excluding carboxylic acids is 1. The van der Waals surface area contributed by atoms with E-state index in [0.717, 1.165) is 23.5 Å². The Bertz CT molecular complexity index is 555. The summed E-state index contributed by atoms with van der Waals surface area (Å²) < 4.78 is 0. The minimum absolute atomic E-state index is 0.204. The number of aliphatic carboxylic acids is 1. The van der Waals surface area contributed by atoms with E-state index in [4.69, 9.17) is 0 Å². The van der Waals surface area contributed by atoms with Gasteiger partial charge in [-0.3, -0.25) is 10.1 Å². The van der Waals surface area contributed by atoms with Crippen LogP contribution in [0, 0.1) is 11.8 Å². The Labute approximate surface area is 127 Å². The smallest absolute Gasteiger partial charge is 0.322 e. The molecule has 0 radical (unpaired) electrons. The van der Waals surface area contributed by atoms with Gasteiger partial charge in [-0.2, -0.15) is 0 Å². The highest BCUT2D eigenvalue weighted by Crippen LogP contribution is 2.44. The predicted molar refractivity (Wildman–Crippen MR) is 79.6 cm³/mol. The van der Waals surface area contributed by atoms with Gasteiger partial charge in [-0.1, -0.05) is 6.92 Å². The summed E-state index contributed by atoms with van der Waals surface area (Å²) in [6.45, 7) is 2.87. The van der Waals surface area contributed by atoms with Gasteiger partial charge >= 0.3 is 12.0 Å². The van der Waals surface area contributed by atoms with Gasteiger partial charge in [0.25, 0.3) is 0 Å². The molecule has 2 heterocycles. The second-order valence-electron chi connectivity index (χ2n) is 6.05. The monoisotopic (exact) mass is 309 g/mol. The fourth-order valence-electron chi connectivity index (χ4n) is 2.87. The fraction of sp³-hybridized carbons (Fsp3) is 0.643. The third-order valence-electron chi connectivity index (χ3n) is 4.08. The van der Waals surface area contributed by atoms with Crippen LogP contribution in [0.1, 0.15) is 37.8 Å². The van der Waals surface area contributed by atoms with Gasteiger partial charge in [-0.05, 0) is 25.2 Å². The average Bonchev–Trinajstić information content (AvgIpc) is 3.18. The molecule has 2 fully saturated rings. The number of amides is 2. The second kappa shape index (κ2) is 5.63. The van der Waals surface area contributed by atoms with E-state index in [-0.39, 0.29) is 18.5 Å². The molecular weight excluding hydrogens is 290 g/mol. The molecule has 7 heteroatoms. The van der Waals surface area contributed by atoms with E-state index < -0.39 is 11.9 Å². The highest BCUT2D eigenvalue weighted by molar-refractivity contribution is 7.14. The summed E-state index contributed by atoms with van der Waals surface area (Å²) in [4.78, 5) is 29.5. The summed E-state index contributed by atoms with van der Waals surface area (Å²) in [6.07, 6.45) is 2.90. The summed E-state index contributed by atoms with van der Waals surface area (Å²) in [5.74, 6) is -0.603. The highest BCUT2D eigenvalue weighted by Gasteiger charge is 2.33. The first-order valence-electron chi connectivity index (χ1n) is 7.26. The lowest BCUT2D eigenvalue weighted by Gasteiger charge is -2.34. The van der Waals surface area contributed by atoms with Crippen molar-refractivity contribution < 1.29 is 14.7 Å². The van der Waals surface area contributed by atoms with E-state index in [2.05, 4.69) is 10.3 Å². The van der Waals surface area contributed by atoms with Crippen LogP contribution in [0.25, 0.3) is 0 Å². The third-order valence-corrected chi connectivity index (χ3v) is 4.83. The van der Waals surface area contributed by atoms with Crippen molar-refractivity contribution in [2.45, 2.75) is 32.1 Å². The first kappa shape index (κ1) is 14.3. The lowest BCUT2D eigenvalue weighted by atomic mass is 9.91. The molecule has 21 heavy (non-hydrogen) atoms. The number of likely N-dealkylation sites (tertiary alicyclic amines) is 1. The highest BCUT2D eigenvalue weighted by atomic mass is 32.1. The fourth-order valence-corrected chi connectivity index (χ4v) is 3.63. The van der Waals surface area contributed by atoms with Crippen LogP contribution < -0.4 is 5.32 Å². The molecule has 1 aromatic heterocycles. The molecule has 0 aromatic carbocycles. The number of carbonyl (C=O) groups is 2. The molecule has 1 aromatic rings. The van der Waals surface area contributed by atoms with Crippen molar-refractivity contribution in [3.8, 4) is 0 Å². The summed E-state index contributed by atoms with van der Waals surface area (Å²) in [5.41, 5.74) is 2.73. The van der Waals surface area contributed by atoms with E-state index in [0.29, 0.717) is 18.9 Å². The molecule has 2 amide bonds. The number of hydrogen-bond donors (Lipinski definition) is 2. The molecule has 1 saturated heterocycles. The van der Waals surface area contributed by atoms with Gasteiger partial charge in [-0.15, -0.1) is 11.3 Å². The maximum Gasteiger partial charge on any atom is 0.322 e. The molecule has 3 rings (SSSR count). The van der Waals surface area contributed by atoms with Crippen LogP contribution in [0.5, 0.6) is 0 Å². The molecule has 2 atom stereocenters. The standard InChI is InChI=1S/C14H19N3O3S/c1-8-4-10(13(18)19)6-17(5-8)14(20)16-12-11(9-2-3-9)15-7-21-12/h7-10H,2-6H2,1H3,(H,16,20)(H,18,19). The van der Waals surface area contributed by atoms with Crippen molar-refractivity contribution in [3.63, 3.8) is 0 Å². The SMILES string of the molecule is CC1CC(C(=O)O)CN(C(=O)Nc2scnc2C2CC2)C1.